The Balaban J connectivity index is 1.48. The van der Waals surface area contributed by atoms with Crippen LogP contribution in [0.4, 0.5) is 0 Å². The number of guanidine groups is 1. The third kappa shape index (κ3) is 4.13. The van der Waals surface area contributed by atoms with Crippen molar-refractivity contribution in [3.05, 3.63) is 36.0 Å². The van der Waals surface area contributed by atoms with Gasteiger partial charge in [-0.3, -0.25) is 9.79 Å². The van der Waals surface area contributed by atoms with E-state index in [-0.39, 0.29) is 11.9 Å². The standard InChI is InChI=1S/C19H27N5O/c1-3-18(25)24-11-9-15(13-24)23-19(20-2)21-10-8-14-12-22-17-7-5-4-6-16(14)17/h4-7,12,15,22H,3,8-11,13H2,1-2H3,(H2,20,21,23). The lowest BCUT2D eigenvalue weighted by Crippen LogP contribution is -2.45. The minimum atomic E-state index is 0.228. The highest BCUT2D eigenvalue weighted by molar-refractivity contribution is 5.83. The molecule has 25 heavy (non-hydrogen) atoms. The van der Waals surface area contributed by atoms with E-state index in [1.165, 1.54) is 16.5 Å². The zero-order chi connectivity index (χ0) is 17.6. The van der Waals surface area contributed by atoms with E-state index in [1.807, 2.05) is 17.9 Å². The number of amides is 1. The fraction of sp³-hybridized carbons (Fsp3) is 0.474. The Kier molecular flexibility index (Phi) is 5.58. The van der Waals surface area contributed by atoms with Gasteiger partial charge in [0.25, 0.3) is 0 Å². The first-order chi connectivity index (χ1) is 12.2. The molecule has 1 amide bonds. The number of likely N-dealkylation sites (tertiary alicyclic amines) is 1. The van der Waals surface area contributed by atoms with Crippen molar-refractivity contribution in [1.29, 1.82) is 0 Å². The van der Waals surface area contributed by atoms with Crippen molar-refractivity contribution in [2.24, 2.45) is 4.99 Å². The summed E-state index contributed by atoms with van der Waals surface area (Å²) in [5, 5.41) is 8.08. The lowest BCUT2D eigenvalue weighted by Gasteiger charge is -2.18. The number of aromatic amines is 1. The second kappa shape index (κ2) is 8.05. The van der Waals surface area contributed by atoms with E-state index in [2.05, 4.69) is 45.0 Å². The van der Waals surface area contributed by atoms with Crippen molar-refractivity contribution < 1.29 is 4.79 Å². The average Bonchev–Trinajstić information content (AvgIpc) is 3.27. The van der Waals surface area contributed by atoms with Crippen LogP contribution in [0.15, 0.2) is 35.5 Å². The van der Waals surface area contributed by atoms with E-state index in [0.717, 1.165) is 38.4 Å². The number of nitrogens with one attached hydrogen (secondary N) is 3. The van der Waals surface area contributed by atoms with Crippen molar-refractivity contribution in [3.63, 3.8) is 0 Å². The maximum Gasteiger partial charge on any atom is 0.222 e. The average molecular weight is 341 g/mol. The molecule has 1 aromatic heterocycles. The number of fused-ring (bicyclic) bond motifs is 1. The minimum Gasteiger partial charge on any atom is -0.361 e. The van der Waals surface area contributed by atoms with Crippen LogP contribution in [-0.4, -0.2) is 54.5 Å². The molecule has 1 aromatic carbocycles. The molecule has 0 bridgehead atoms. The summed E-state index contributed by atoms with van der Waals surface area (Å²) in [5.74, 6) is 1.03. The SMILES string of the molecule is CCC(=O)N1CCC(NC(=NC)NCCc2c[nH]c3ccccc23)C1. The van der Waals surface area contributed by atoms with Crippen LogP contribution < -0.4 is 10.6 Å². The summed E-state index contributed by atoms with van der Waals surface area (Å²) in [4.78, 5) is 21.3. The summed E-state index contributed by atoms with van der Waals surface area (Å²) >= 11 is 0. The van der Waals surface area contributed by atoms with Gasteiger partial charge >= 0.3 is 0 Å². The number of hydrogen-bond acceptors (Lipinski definition) is 2. The van der Waals surface area contributed by atoms with Crippen LogP contribution in [0.1, 0.15) is 25.3 Å². The normalized spacial score (nSPS) is 17.9. The summed E-state index contributed by atoms with van der Waals surface area (Å²) in [6, 6.07) is 8.62. The molecule has 0 saturated carbocycles. The van der Waals surface area contributed by atoms with Gasteiger partial charge in [0.15, 0.2) is 5.96 Å². The first-order valence-corrected chi connectivity index (χ1v) is 9.01. The van der Waals surface area contributed by atoms with E-state index >= 15 is 0 Å². The van der Waals surface area contributed by atoms with Gasteiger partial charge in [-0.15, -0.1) is 0 Å². The van der Waals surface area contributed by atoms with Gasteiger partial charge in [-0.1, -0.05) is 25.1 Å². The van der Waals surface area contributed by atoms with Crippen LogP contribution >= 0.6 is 0 Å². The number of nitrogens with zero attached hydrogens (tertiary/aromatic N) is 2. The Hall–Kier alpha value is -2.50. The number of carbonyl (C=O) groups is 1. The van der Waals surface area contributed by atoms with E-state index in [9.17, 15) is 4.79 Å². The summed E-state index contributed by atoms with van der Waals surface area (Å²) < 4.78 is 0. The maximum atomic E-state index is 11.8. The van der Waals surface area contributed by atoms with Crippen molar-refractivity contribution in [1.82, 2.24) is 20.5 Å². The lowest BCUT2D eigenvalue weighted by atomic mass is 10.1. The summed E-state index contributed by atoms with van der Waals surface area (Å²) in [7, 11) is 1.78. The fourth-order valence-electron chi connectivity index (χ4n) is 3.37. The van der Waals surface area contributed by atoms with E-state index in [1.54, 1.807) is 7.05 Å². The van der Waals surface area contributed by atoms with Gasteiger partial charge in [-0.2, -0.15) is 0 Å². The van der Waals surface area contributed by atoms with E-state index in [0.29, 0.717) is 6.42 Å². The molecule has 0 spiro atoms. The number of para-hydroxylation sites is 1. The van der Waals surface area contributed by atoms with Gasteiger partial charge in [-0.05, 0) is 24.5 Å². The maximum absolute atomic E-state index is 11.8. The monoisotopic (exact) mass is 341 g/mol. The summed E-state index contributed by atoms with van der Waals surface area (Å²) in [5.41, 5.74) is 2.48. The fourth-order valence-corrected chi connectivity index (χ4v) is 3.37. The molecular formula is C19H27N5O. The predicted molar refractivity (Wildman–Crippen MR) is 102 cm³/mol. The van der Waals surface area contributed by atoms with Crippen LogP contribution in [0.25, 0.3) is 10.9 Å². The number of H-pyrrole nitrogens is 1. The molecule has 1 fully saturated rings. The second-order valence-electron chi connectivity index (χ2n) is 6.43. The number of rotatable bonds is 5. The van der Waals surface area contributed by atoms with Crippen molar-refractivity contribution in [2.75, 3.05) is 26.7 Å². The van der Waals surface area contributed by atoms with Crippen LogP contribution in [0.2, 0.25) is 0 Å². The van der Waals surface area contributed by atoms with Crippen molar-refractivity contribution >= 4 is 22.8 Å². The quantitative estimate of drug-likeness (QED) is 0.574. The van der Waals surface area contributed by atoms with Crippen molar-refractivity contribution in [3.8, 4) is 0 Å². The zero-order valence-corrected chi connectivity index (χ0v) is 15.0. The number of aromatic nitrogens is 1. The molecule has 1 unspecified atom stereocenters. The zero-order valence-electron chi connectivity index (χ0n) is 15.0. The highest BCUT2D eigenvalue weighted by Gasteiger charge is 2.25. The molecular weight excluding hydrogens is 314 g/mol. The number of hydrogen-bond donors (Lipinski definition) is 3. The van der Waals surface area contributed by atoms with Gasteiger partial charge < -0.3 is 20.5 Å². The van der Waals surface area contributed by atoms with E-state index in [4.69, 9.17) is 0 Å². The first kappa shape index (κ1) is 17.3. The van der Waals surface area contributed by atoms with E-state index < -0.39 is 0 Å². The third-order valence-corrected chi connectivity index (χ3v) is 4.77. The molecule has 1 saturated heterocycles. The van der Waals surface area contributed by atoms with Gasteiger partial charge in [0, 0.05) is 56.2 Å². The Morgan fingerprint density at radius 1 is 1.40 bits per heavy atom. The van der Waals surface area contributed by atoms with Crippen LogP contribution in [0.3, 0.4) is 0 Å². The van der Waals surface area contributed by atoms with Gasteiger partial charge in [0.2, 0.25) is 5.91 Å². The second-order valence-corrected chi connectivity index (χ2v) is 6.43. The number of carbonyl (C=O) groups excluding carboxylic acids is 1. The molecule has 2 heterocycles. The largest absolute Gasteiger partial charge is 0.361 e. The highest BCUT2D eigenvalue weighted by atomic mass is 16.2. The van der Waals surface area contributed by atoms with Crippen LogP contribution in [0.5, 0.6) is 0 Å². The van der Waals surface area contributed by atoms with Gasteiger partial charge in [0.05, 0.1) is 0 Å². The topological polar surface area (TPSA) is 72.5 Å². The number of benzene rings is 1. The summed E-state index contributed by atoms with van der Waals surface area (Å²) in [6.45, 7) is 4.31. The first-order valence-electron chi connectivity index (χ1n) is 9.01. The molecule has 6 heteroatoms. The molecule has 134 valence electrons. The Morgan fingerprint density at radius 2 is 2.24 bits per heavy atom. The molecule has 2 aromatic rings. The third-order valence-electron chi connectivity index (χ3n) is 4.77. The molecule has 1 atom stereocenters. The highest BCUT2D eigenvalue weighted by Crippen LogP contribution is 2.17. The smallest absolute Gasteiger partial charge is 0.222 e. The molecule has 3 rings (SSSR count). The summed E-state index contributed by atoms with van der Waals surface area (Å²) in [6.07, 6.45) is 4.54. The van der Waals surface area contributed by atoms with Crippen LogP contribution in [0, 0.1) is 0 Å². The molecule has 1 aliphatic rings. The lowest BCUT2D eigenvalue weighted by molar-refractivity contribution is -0.129. The Morgan fingerprint density at radius 3 is 3.04 bits per heavy atom. The van der Waals surface area contributed by atoms with Gasteiger partial charge in [0.1, 0.15) is 0 Å². The Bertz CT molecular complexity index is 751. The number of aliphatic imine (C=N–C) groups is 1. The van der Waals surface area contributed by atoms with Crippen LogP contribution in [-0.2, 0) is 11.2 Å². The molecule has 0 radical (unpaired) electrons. The molecule has 1 aliphatic heterocycles. The van der Waals surface area contributed by atoms with Crippen molar-refractivity contribution in [2.45, 2.75) is 32.2 Å². The Labute approximate surface area is 148 Å². The van der Waals surface area contributed by atoms with Gasteiger partial charge in [-0.25, -0.2) is 0 Å². The molecule has 0 aliphatic carbocycles. The predicted octanol–water partition coefficient (Wildman–Crippen LogP) is 1.89. The molecule has 6 nitrogen and oxygen atoms in total. The minimum absolute atomic E-state index is 0.228. The molecule has 3 N–H and O–H groups in total.